The van der Waals surface area contributed by atoms with Crippen LogP contribution in [-0.4, -0.2) is 46.0 Å². The Morgan fingerprint density at radius 1 is 1.53 bits per heavy atom. The number of nitrogens with zero attached hydrogens (tertiary/aromatic N) is 2. The quantitative estimate of drug-likeness (QED) is 0.860. The molecule has 1 aromatic rings. The molecule has 1 aliphatic heterocycles. The molecular formula is C12H19N3O3S. The maximum Gasteiger partial charge on any atom is 0.265 e. The van der Waals surface area contributed by atoms with E-state index in [9.17, 15) is 9.90 Å². The van der Waals surface area contributed by atoms with Gasteiger partial charge in [0.15, 0.2) is 0 Å². The van der Waals surface area contributed by atoms with Crippen molar-refractivity contribution in [2.45, 2.75) is 38.2 Å². The van der Waals surface area contributed by atoms with Crippen molar-refractivity contribution in [3.63, 3.8) is 0 Å². The molecule has 1 amide bonds. The first-order valence-electron chi connectivity index (χ1n) is 6.42. The molecule has 0 bridgehead atoms. The molecule has 106 valence electrons. The van der Waals surface area contributed by atoms with Crippen molar-refractivity contribution in [3.05, 3.63) is 10.6 Å². The lowest BCUT2D eigenvalue weighted by Crippen LogP contribution is -2.46. The Hall–Kier alpha value is -1.05. The Morgan fingerprint density at radius 3 is 2.84 bits per heavy atom. The molecule has 1 aliphatic rings. The topological polar surface area (TPSA) is 84.3 Å². The standard InChI is InChI=1S/C12H19N3O3S/c1-8(2)9-10(19-15-14-9)11(16)13-7-12(17)3-5-18-6-4-12/h8,17H,3-7H2,1-2H3,(H,13,16). The Bertz CT molecular complexity index is 441. The van der Waals surface area contributed by atoms with Gasteiger partial charge in [-0.2, -0.15) is 0 Å². The summed E-state index contributed by atoms with van der Waals surface area (Å²) < 4.78 is 9.03. The van der Waals surface area contributed by atoms with E-state index in [1.807, 2.05) is 13.8 Å². The van der Waals surface area contributed by atoms with Crippen LogP contribution in [0.3, 0.4) is 0 Å². The highest BCUT2D eigenvalue weighted by Crippen LogP contribution is 2.21. The van der Waals surface area contributed by atoms with Crippen molar-refractivity contribution in [1.82, 2.24) is 14.9 Å². The first-order chi connectivity index (χ1) is 9.02. The van der Waals surface area contributed by atoms with Crippen molar-refractivity contribution in [3.8, 4) is 0 Å². The fourth-order valence-electron chi connectivity index (χ4n) is 1.99. The van der Waals surface area contributed by atoms with Gasteiger partial charge in [-0.3, -0.25) is 4.79 Å². The van der Waals surface area contributed by atoms with Crippen molar-refractivity contribution in [1.29, 1.82) is 0 Å². The number of aromatic nitrogens is 2. The van der Waals surface area contributed by atoms with E-state index in [0.717, 1.165) is 11.5 Å². The Balaban J connectivity index is 1.95. The second-order valence-corrected chi connectivity index (χ2v) is 5.92. The molecule has 1 aromatic heterocycles. The summed E-state index contributed by atoms with van der Waals surface area (Å²) in [6, 6.07) is 0. The highest BCUT2D eigenvalue weighted by molar-refractivity contribution is 7.08. The van der Waals surface area contributed by atoms with E-state index in [-0.39, 0.29) is 18.4 Å². The molecule has 19 heavy (non-hydrogen) atoms. The molecule has 7 heteroatoms. The summed E-state index contributed by atoms with van der Waals surface area (Å²) in [5.41, 5.74) is -0.147. The van der Waals surface area contributed by atoms with Gasteiger partial charge in [0.2, 0.25) is 0 Å². The molecule has 2 heterocycles. The van der Waals surface area contributed by atoms with Crippen LogP contribution in [0.2, 0.25) is 0 Å². The second-order valence-electron chi connectivity index (χ2n) is 5.16. The van der Waals surface area contributed by atoms with Gasteiger partial charge in [0.25, 0.3) is 5.91 Å². The van der Waals surface area contributed by atoms with Gasteiger partial charge in [0.1, 0.15) is 4.88 Å². The molecule has 6 nitrogen and oxygen atoms in total. The van der Waals surface area contributed by atoms with E-state index in [1.165, 1.54) is 0 Å². The predicted molar refractivity (Wildman–Crippen MR) is 71.3 cm³/mol. The summed E-state index contributed by atoms with van der Waals surface area (Å²) in [7, 11) is 0. The number of nitrogens with one attached hydrogen (secondary N) is 1. The summed E-state index contributed by atoms with van der Waals surface area (Å²) in [6.07, 6.45) is 1.09. The average Bonchev–Trinajstić information content (AvgIpc) is 2.86. The zero-order chi connectivity index (χ0) is 13.9. The van der Waals surface area contributed by atoms with Crippen LogP contribution in [0.15, 0.2) is 0 Å². The van der Waals surface area contributed by atoms with Gasteiger partial charge in [0.05, 0.1) is 11.3 Å². The monoisotopic (exact) mass is 285 g/mol. The van der Waals surface area contributed by atoms with E-state index in [1.54, 1.807) is 0 Å². The number of amides is 1. The van der Waals surface area contributed by atoms with Crippen LogP contribution in [0.1, 0.15) is 48.0 Å². The third kappa shape index (κ3) is 3.49. The Kier molecular flexibility index (Phi) is 4.49. The molecule has 0 spiro atoms. The van der Waals surface area contributed by atoms with E-state index in [2.05, 4.69) is 14.9 Å². The maximum atomic E-state index is 12.1. The van der Waals surface area contributed by atoms with Crippen LogP contribution in [0.5, 0.6) is 0 Å². The average molecular weight is 285 g/mol. The van der Waals surface area contributed by atoms with Gasteiger partial charge < -0.3 is 15.2 Å². The number of hydrogen-bond donors (Lipinski definition) is 2. The molecule has 0 aliphatic carbocycles. The first-order valence-corrected chi connectivity index (χ1v) is 7.20. The lowest BCUT2D eigenvalue weighted by atomic mass is 9.94. The highest BCUT2D eigenvalue weighted by atomic mass is 32.1. The third-order valence-corrected chi connectivity index (χ3v) is 4.01. The van der Waals surface area contributed by atoms with Gasteiger partial charge in [-0.15, -0.1) is 5.10 Å². The van der Waals surface area contributed by atoms with Gasteiger partial charge in [-0.25, -0.2) is 0 Å². The summed E-state index contributed by atoms with van der Waals surface area (Å²) in [5.74, 6) is -0.0516. The zero-order valence-corrected chi connectivity index (χ0v) is 12.0. The predicted octanol–water partition coefficient (Wildman–Crippen LogP) is 0.933. The van der Waals surface area contributed by atoms with Crippen molar-refractivity contribution < 1.29 is 14.6 Å². The number of hydrogen-bond acceptors (Lipinski definition) is 6. The van der Waals surface area contributed by atoms with E-state index in [4.69, 9.17) is 4.74 Å². The summed E-state index contributed by atoms with van der Waals surface area (Å²) in [5, 5.41) is 17.0. The van der Waals surface area contributed by atoms with Crippen LogP contribution < -0.4 is 5.32 Å². The third-order valence-electron chi connectivity index (χ3n) is 3.27. The molecular weight excluding hydrogens is 266 g/mol. The maximum absolute atomic E-state index is 12.1. The molecule has 1 saturated heterocycles. The minimum absolute atomic E-state index is 0.158. The Labute approximate surface area is 116 Å². The molecule has 0 unspecified atom stereocenters. The van der Waals surface area contributed by atoms with E-state index in [0.29, 0.717) is 36.6 Å². The second kappa shape index (κ2) is 5.94. The molecule has 2 rings (SSSR count). The van der Waals surface area contributed by atoms with Crippen LogP contribution in [-0.2, 0) is 4.74 Å². The van der Waals surface area contributed by atoms with Gasteiger partial charge >= 0.3 is 0 Å². The van der Waals surface area contributed by atoms with E-state index < -0.39 is 5.60 Å². The summed E-state index contributed by atoms with van der Waals surface area (Å²) in [6.45, 7) is 5.25. The van der Waals surface area contributed by atoms with Gasteiger partial charge in [-0.1, -0.05) is 18.3 Å². The van der Waals surface area contributed by atoms with Crippen molar-refractivity contribution in [2.75, 3.05) is 19.8 Å². The molecule has 0 atom stereocenters. The van der Waals surface area contributed by atoms with Crippen LogP contribution in [0.4, 0.5) is 0 Å². The summed E-state index contributed by atoms with van der Waals surface area (Å²) in [4.78, 5) is 12.6. The number of aliphatic hydroxyl groups is 1. The van der Waals surface area contributed by atoms with Crippen molar-refractivity contribution in [2.24, 2.45) is 0 Å². The zero-order valence-electron chi connectivity index (χ0n) is 11.2. The number of rotatable bonds is 4. The SMILES string of the molecule is CC(C)c1nnsc1C(=O)NCC1(O)CCOCC1. The minimum atomic E-state index is -0.857. The molecule has 0 radical (unpaired) electrons. The molecule has 0 saturated carbocycles. The number of ether oxygens (including phenoxy) is 1. The summed E-state index contributed by atoms with van der Waals surface area (Å²) >= 11 is 1.09. The van der Waals surface area contributed by atoms with E-state index >= 15 is 0 Å². The Morgan fingerprint density at radius 2 is 2.21 bits per heavy atom. The fourth-order valence-corrected chi connectivity index (χ4v) is 2.72. The number of carbonyl (C=O) groups is 1. The van der Waals surface area contributed by atoms with Crippen LogP contribution >= 0.6 is 11.5 Å². The lowest BCUT2D eigenvalue weighted by molar-refractivity contribution is -0.0605. The van der Waals surface area contributed by atoms with Gasteiger partial charge in [0, 0.05) is 32.6 Å². The van der Waals surface area contributed by atoms with Crippen LogP contribution in [0, 0.1) is 0 Å². The van der Waals surface area contributed by atoms with Gasteiger partial charge in [-0.05, 0) is 17.5 Å². The fraction of sp³-hybridized carbons (Fsp3) is 0.750. The van der Waals surface area contributed by atoms with Crippen molar-refractivity contribution >= 4 is 17.4 Å². The molecule has 0 aromatic carbocycles. The first kappa shape index (κ1) is 14.4. The number of carbonyl (C=O) groups excluding carboxylic acids is 1. The minimum Gasteiger partial charge on any atom is -0.388 e. The largest absolute Gasteiger partial charge is 0.388 e. The molecule has 1 fully saturated rings. The molecule has 2 N–H and O–H groups in total. The highest BCUT2D eigenvalue weighted by Gasteiger charge is 2.31. The van der Waals surface area contributed by atoms with Crippen LogP contribution in [0.25, 0.3) is 0 Å². The smallest absolute Gasteiger partial charge is 0.265 e. The normalized spacial score (nSPS) is 18.5. The lowest BCUT2D eigenvalue weighted by Gasteiger charge is -2.31.